The van der Waals surface area contributed by atoms with Gasteiger partial charge in [-0.2, -0.15) is 0 Å². The molecule has 1 N–H and O–H groups in total. The van der Waals surface area contributed by atoms with Crippen LogP contribution in [0.2, 0.25) is 0 Å². The van der Waals surface area contributed by atoms with Crippen molar-refractivity contribution >= 4 is 5.97 Å². The van der Waals surface area contributed by atoms with Crippen molar-refractivity contribution in [2.75, 3.05) is 0 Å². The van der Waals surface area contributed by atoms with Crippen LogP contribution in [-0.2, 0) is 9.53 Å². The number of aliphatic hydroxyl groups is 1. The first-order valence-corrected chi connectivity index (χ1v) is 3.14. The summed E-state index contributed by atoms with van der Waals surface area (Å²) < 4.78 is 4.78. The van der Waals surface area contributed by atoms with Crippen LogP contribution in [-0.4, -0.2) is 17.4 Å². The number of halogens is 1. The van der Waals surface area contributed by atoms with E-state index in [0.29, 0.717) is 3.58 Å². The summed E-state index contributed by atoms with van der Waals surface area (Å²) in [6, 6.07) is 0. The van der Waals surface area contributed by atoms with E-state index in [2.05, 4.69) is 4.74 Å². The minimum atomic E-state index is -1.01. The topological polar surface area (TPSA) is 46.5 Å². The van der Waals surface area contributed by atoms with Gasteiger partial charge in [-0.3, -0.25) is 0 Å². The molecule has 1 aliphatic heterocycles. The molecule has 44 valence electrons. The van der Waals surface area contributed by atoms with Crippen LogP contribution < -0.4 is 22.6 Å². The third kappa shape index (κ3) is 1.00. The molecule has 0 amide bonds. The van der Waals surface area contributed by atoms with Crippen molar-refractivity contribution in [3.8, 4) is 0 Å². The highest BCUT2D eigenvalue weighted by Gasteiger charge is 2.27. The number of hydrogen-bond acceptors (Lipinski definition) is 3. The second-order valence-electron chi connectivity index (χ2n) is 1.33. The first-order chi connectivity index (χ1) is 3.70. The van der Waals surface area contributed by atoms with Crippen LogP contribution >= 0.6 is 0 Å². The molecular weight excluding hydrogens is 223 g/mol. The van der Waals surface area contributed by atoms with Gasteiger partial charge >= 0.3 is 28.6 Å². The van der Waals surface area contributed by atoms with Gasteiger partial charge in [0, 0.05) is 6.08 Å². The molecule has 3 nitrogen and oxygen atoms in total. The first kappa shape index (κ1) is 6.03. The van der Waals surface area contributed by atoms with Gasteiger partial charge in [-0.05, 0) is 0 Å². The van der Waals surface area contributed by atoms with Gasteiger partial charge < -0.3 is 9.84 Å². The van der Waals surface area contributed by atoms with E-state index in [1.165, 1.54) is 28.7 Å². The minimum absolute atomic E-state index is 0.428. The monoisotopic (exact) mass is 227 g/mol. The fourth-order valence-corrected chi connectivity index (χ4v) is 0.869. The predicted molar refractivity (Wildman–Crippen MR) is 21.6 cm³/mol. The summed E-state index contributed by atoms with van der Waals surface area (Å²) in [4.78, 5) is 10.3. The number of cyclic esters (lactones) is 1. The van der Waals surface area contributed by atoms with Crippen molar-refractivity contribution in [2.45, 2.75) is 6.29 Å². The zero-order valence-corrected chi connectivity index (χ0v) is 6.16. The molecule has 1 aliphatic rings. The predicted octanol–water partition coefficient (Wildman–Crippen LogP) is -3.97. The smallest absolute Gasteiger partial charge is 0.387 e. The minimum Gasteiger partial charge on any atom is -0.426 e. The van der Waals surface area contributed by atoms with Gasteiger partial charge in [0.25, 0.3) is 3.58 Å². The molecule has 0 aromatic heterocycles. The van der Waals surface area contributed by atoms with Crippen molar-refractivity contribution < 1.29 is 37.2 Å². The maximum absolute atomic E-state index is 10.3. The molecule has 0 radical (unpaired) electrons. The summed E-state index contributed by atoms with van der Waals surface area (Å²) in [5.74, 6) is -0.428. The molecule has 0 spiro atoms. The van der Waals surface area contributed by atoms with E-state index in [4.69, 9.17) is 5.11 Å². The molecule has 0 saturated carbocycles. The normalized spacial score (nSPS) is 27.5. The number of esters is 1. The summed E-state index contributed by atoms with van der Waals surface area (Å²) in [7, 11) is 0. The number of ether oxygens (including phenoxy) is 1. The van der Waals surface area contributed by atoms with Crippen LogP contribution in [0.25, 0.3) is 0 Å². The fourth-order valence-electron chi connectivity index (χ4n) is 0.399. The lowest BCUT2D eigenvalue weighted by atomic mass is 10.5. The third-order valence-electron chi connectivity index (χ3n) is 0.723. The van der Waals surface area contributed by atoms with Crippen LogP contribution in [0.4, 0.5) is 0 Å². The second-order valence-corrected chi connectivity index (χ2v) is 2.58. The molecule has 1 atom stereocenters. The van der Waals surface area contributed by atoms with Gasteiger partial charge in [-0.25, -0.2) is 4.79 Å². The molecule has 0 fully saturated rings. The lowest BCUT2D eigenvalue weighted by Crippen LogP contribution is -3.33. The zero-order valence-electron chi connectivity index (χ0n) is 3.83. The third-order valence-corrected chi connectivity index (χ3v) is 1.59. The quantitative estimate of drug-likeness (QED) is 0.339. The molecule has 1 rings (SSSR count). The number of rotatable bonds is 0. The molecule has 1 unspecified atom stereocenters. The van der Waals surface area contributed by atoms with Crippen LogP contribution in [0, 0.1) is 0 Å². The van der Waals surface area contributed by atoms with Crippen molar-refractivity contribution in [1.82, 2.24) is 0 Å². The van der Waals surface area contributed by atoms with Crippen molar-refractivity contribution in [2.24, 2.45) is 0 Å². The van der Waals surface area contributed by atoms with E-state index < -0.39 is 12.3 Å². The molecule has 0 saturated heterocycles. The van der Waals surface area contributed by atoms with E-state index in [9.17, 15) is 4.79 Å². The molecule has 0 aromatic rings. The Morgan fingerprint density at radius 2 is 2.50 bits per heavy atom. The maximum Gasteiger partial charge on any atom is 0.387 e. The molecule has 8 heavy (non-hydrogen) atoms. The van der Waals surface area contributed by atoms with E-state index in [0.717, 1.165) is 0 Å². The summed E-state index contributed by atoms with van der Waals surface area (Å²) >= 11 is 1.53. The zero-order chi connectivity index (χ0) is 6.15. The van der Waals surface area contributed by atoms with Crippen LogP contribution in [0.5, 0.6) is 0 Å². The molecule has 0 aromatic carbocycles. The van der Waals surface area contributed by atoms with Gasteiger partial charge in [0.1, 0.15) is 0 Å². The van der Waals surface area contributed by atoms with Crippen LogP contribution in [0.15, 0.2) is 9.66 Å². The van der Waals surface area contributed by atoms with Crippen LogP contribution in [0.3, 0.4) is 0 Å². The number of hydrogen-bond donors (Lipinski definition) is 1. The largest absolute Gasteiger partial charge is 0.426 e. The summed E-state index contributed by atoms with van der Waals surface area (Å²) in [6.07, 6.45) is 0.359. The average molecular weight is 227 g/mol. The van der Waals surface area contributed by atoms with Crippen molar-refractivity contribution in [1.29, 1.82) is 0 Å². The number of carbonyl (C=O) groups excluding carboxylic acids is 1. The first-order valence-electron chi connectivity index (χ1n) is 1.98. The molecule has 1 heterocycles. The Morgan fingerprint density at radius 3 is 2.62 bits per heavy atom. The Hall–Kier alpha value is -0.100. The Bertz CT molecular complexity index is 151. The summed E-state index contributed by atoms with van der Waals surface area (Å²) in [5, 5.41) is 8.55. The van der Waals surface area contributed by atoms with Gasteiger partial charge in [0.05, 0.1) is 0 Å². The molecule has 4 heteroatoms. The summed E-state index contributed by atoms with van der Waals surface area (Å²) in [5.41, 5.74) is 0. The Kier molecular flexibility index (Phi) is 1.52. The van der Waals surface area contributed by atoms with Gasteiger partial charge in [-0.15, -0.1) is 0 Å². The van der Waals surface area contributed by atoms with Gasteiger partial charge in [0.15, 0.2) is 0 Å². The van der Waals surface area contributed by atoms with E-state index >= 15 is 0 Å². The van der Waals surface area contributed by atoms with E-state index in [-0.39, 0.29) is 0 Å². The van der Waals surface area contributed by atoms with Crippen LogP contribution in [0.1, 0.15) is 0 Å². The maximum atomic E-state index is 10.3. The molecule has 0 bridgehead atoms. The average Bonchev–Trinajstić information content (AvgIpc) is 1.85. The highest BCUT2D eigenvalue weighted by molar-refractivity contribution is 5.87. The van der Waals surface area contributed by atoms with Crippen molar-refractivity contribution in [3.05, 3.63) is 9.66 Å². The van der Waals surface area contributed by atoms with Gasteiger partial charge in [0.2, 0.25) is 6.29 Å². The van der Waals surface area contributed by atoms with E-state index in [1.54, 1.807) is 0 Å². The van der Waals surface area contributed by atoms with Gasteiger partial charge in [-0.1, -0.05) is 0 Å². The van der Waals surface area contributed by atoms with Crippen molar-refractivity contribution in [3.63, 3.8) is 0 Å². The fraction of sp³-hybridized carbons (Fsp3) is 0.250. The summed E-state index contributed by atoms with van der Waals surface area (Å²) in [6.45, 7) is 0. The molecular formula is C4H4IO3+. The number of carbonyl (C=O) groups is 1. The SMILES string of the molecule is O=C1OC(O)C=C1[IH+]. The Balaban J connectivity index is 2.73. The Labute approximate surface area is 59.5 Å². The molecule has 0 aliphatic carbocycles. The standard InChI is InChI=1S/C4H4IO3/c5-2-1-3(6)8-4(2)7/h1,3,5-6H/q+1. The Morgan fingerprint density at radius 1 is 1.88 bits per heavy atom. The lowest BCUT2D eigenvalue weighted by molar-refractivity contribution is -0.300. The second kappa shape index (κ2) is 2.02. The van der Waals surface area contributed by atoms with E-state index in [1.807, 2.05) is 0 Å². The lowest BCUT2D eigenvalue weighted by Gasteiger charge is -1.93. The highest BCUT2D eigenvalue weighted by Crippen LogP contribution is 2.02. The number of aliphatic hydroxyl groups excluding tert-OH is 1. The highest BCUT2D eigenvalue weighted by atomic mass is 127.